The second-order valence-corrected chi connectivity index (χ2v) is 6.74. The molecule has 0 amide bonds. The first-order valence-corrected chi connectivity index (χ1v) is 8.50. The van der Waals surface area contributed by atoms with Gasteiger partial charge in [-0.15, -0.1) is 0 Å². The van der Waals surface area contributed by atoms with Gasteiger partial charge in [-0.1, -0.05) is 12.1 Å². The van der Waals surface area contributed by atoms with Crippen LogP contribution < -0.4 is 5.73 Å². The zero-order valence-corrected chi connectivity index (χ0v) is 14.8. The van der Waals surface area contributed by atoms with Gasteiger partial charge in [-0.25, -0.2) is 14.3 Å². The van der Waals surface area contributed by atoms with Crippen molar-refractivity contribution in [2.24, 2.45) is 0 Å². The Kier molecular flexibility index (Phi) is 4.89. The van der Waals surface area contributed by atoms with E-state index in [1.54, 1.807) is 19.2 Å². The van der Waals surface area contributed by atoms with Gasteiger partial charge in [0, 0.05) is 11.8 Å². The number of aromatic nitrogens is 3. The predicted octanol–water partition coefficient (Wildman–Crippen LogP) is 2.90. The number of nitrogens with two attached hydrogens (primary N) is 1. The summed E-state index contributed by atoms with van der Waals surface area (Å²) < 4.78 is 43.8. The molecule has 27 heavy (non-hydrogen) atoms. The number of anilines is 1. The van der Waals surface area contributed by atoms with Crippen LogP contribution in [0, 0.1) is 6.92 Å². The molecule has 3 aromatic rings. The van der Waals surface area contributed by atoms with Crippen LogP contribution in [0.2, 0.25) is 0 Å². The third kappa shape index (κ3) is 3.38. The molecule has 6 nitrogen and oxygen atoms in total. The van der Waals surface area contributed by atoms with E-state index in [9.17, 15) is 23.4 Å². The second-order valence-electron chi connectivity index (χ2n) is 5.91. The fourth-order valence-electron chi connectivity index (χ4n) is 2.55. The zero-order valence-electron chi connectivity index (χ0n) is 14.0. The van der Waals surface area contributed by atoms with E-state index in [-0.39, 0.29) is 11.5 Å². The number of aliphatic hydroxyl groups is 2. The molecule has 2 aromatic heterocycles. The number of halogens is 3. The van der Waals surface area contributed by atoms with Crippen LogP contribution in [0.5, 0.6) is 0 Å². The Balaban J connectivity index is 2.15. The van der Waals surface area contributed by atoms with Gasteiger partial charge in [-0.05, 0) is 41.7 Å². The van der Waals surface area contributed by atoms with Crippen molar-refractivity contribution in [2.45, 2.75) is 18.7 Å². The lowest BCUT2D eigenvalue weighted by atomic mass is 9.90. The van der Waals surface area contributed by atoms with Crippen LogP contribution in [-0.2, 0) is 5.60 Å². The smallest absolute Gasteiger partial charge is 0.393 e. The standard InChI is InChI=1S/C17H15F3N4O2S/c1-9-2-3-10(16(26,8-25)17(18,19)20)6-11(9)12-7-22-15(21)14(24-12)13-4-5-23-27-13/h2-7,25-26H,8H2,1H3,(H2,21,22). The van der Waals surface area contributed by atoms with Gasteiger partial charge in [0.05, 0.1) is 23.4 Å². The van der Waals surface area contributed by atoms with Crippen molar-refractivity contribution in [3.8, 4) is 21.8 Å². The summed E-state index contributed by atoms with van der Waals surface area (Å²) >= 11 is 1.16. The van der Waals surface area contributed by atoms with Gasteiger partial charge in [-0.2, -0.15) is 13.2 Å². The van der Waals surface area contributed by atoms with Crippen molar-refractivity contribution in [2.75, 3.05) is 12.3 Å². The van der Waals surface area contributed by atoms with Crippen LogP contribution >= 0.6 is 11.5 Å². The Labute approximate surface area is 156 Å². The summed E-state index contributed by atoms with van der Waals surface area (Å²) in [6.07, 6.45) is -2.13. The van der Waals surface area contributed by atoms with Crippen molar-refractivity contribution in [3.05, 3.63) is 47.8 Å². The summed E-state index contributed by atoms with van der Waals surface area (Å²) in [7, 11) is 0. The highest BCUT2D eigenvalue weighted by Crippen LogP contribution is 2.40. The van der Waals surface area contributed by atoms with Crippen LogP contribution in [0.25, 0.3) is 21.8 Å². The monoisotopic (exact) mass is 396 g/mol. The van der Waals surface area contributed by atoms with E-state index < -0.39 is 23.9 Å². The number of rotatable bonds is 4. The molecule has 2 heterocycles. The summed E-state index contributed by atoms with van der Waals surface area (Å²) in [6.45, 7) is 0.188. The topological polar surface area (TPSA) is 105 Å². The maximum atomic E-state index is 13.3. The van der Waals surface area contributed by atoms with Crippen molar-refractivity contribution < 1.29 is 23.4 Å². The van der Waals surface area contributed by atoms with Crippen LogP contribution in [0.4, 0.5) is 19.0 Å². The summed E-state index contributed by atoms with van der Waals surface area (Å²) in [5.74, 6) is 0.166. The number of aliphatic hydroxyl groups excluding tert-OH is 1. The van der Waals surface area contributed by atoms with Gasteiger partial charge < -0.3 is 15.9 Å². The third-order valence-electron chi connectivity index (χ3n) is 4.16. The molecule has 0 radical (unpaired) electrons. The largest absolute Gasteiger partial charge is 0.423 e. The zero-order chi connectivity index (χ0) is 19.8. The number of benzene rings is 1. The van der Waals surface area contributed by atoms with Gasteiger partial charge in [-0.3, -0.25) is 0 Å². The van der Waals surface area contributed by atoms with E-state index in [0.717, 1.165) is 23.7 Å². The summed E-state index contributed by atoms with van der Waals surface area (Å²) in [4.78, 5) is 9.15. The summed E-state index contributed by atoms with van der Waals surface area (Å²) in [5.41, 5.74) is 3.60. The molecule has 0 bridgehead atoms. The average Bonchev–Trinajstić information content (AvgIpc) is 3.15. The van der Waals surface area contributed by atoms with E-state index in [4.69, 9.17) is 5.73 Å². The van der Waals surface area contributed by atoms with Crippen LogP contribution in [0.1, 0.15) is 11.1 Å². The molecule has 1 atom stereocenters. The Morgan fingerprint density at radius 1 is 1.22 bits per heavy atom. The fourth-order valence-corrected chi connectivity index (χ4v) is 3.14. The molecule has 0 aliphatic carbocycles. The van der Waals surface area contributed by atoms with Crippen LogP contribution in [-0.4, -0.2) is 37.3 Å². The van der Waals surface area contributed by atoms with E-state index in [1.165, 1.54) is 12.3 Å². The van der Waals surface area contributed by atoms with E-state index >= 15 is 0 Å². The number of nitrogen functional groups attached to an aromatic ring is 1. The number of hydrogen-bond donors (Lipinski definition) is 3. The van der Waals surface area contributed by atoms with Gasteiger partial charge in [0.2, 0.25) is 5.60 Å². The minimum Gasteiger partial charge on any atom is -0.393 e. The molecule has 0 aliphatic heterocycles. The van der Waals surface area contributed by atoms with Gasteiger partial charge in [0.25, 0.3) is 0 Å². The average molecular weight is 396 g/mol. The predicted molar refractivity (Wildman–Crippen MR) is 94.8 cm³/mol. The number of aryl methyl sites for hydroxylation is 1. The SMILES string of the molecule is Cc1ccc(C(O)(CO)C(F)(F)F)cc1-c1cnc(N)c(-c2ccns2)n1. The molecule has 10 heteroatoms. The second kappa shape index (κ2) is 6.87. The molecule has 0 aliphatic rings. The van der Waals surface area contributed by atoms with Crippen molar-refractivity contribution in [3.63, 3.8) is 0 Å². The minimum absolute atomic E-state index is 0.166. The van der Waals surface area contributed by atoms with Crippen molar-refractivity contribution >= 4 is 17.4 Å². The van der Waals surface area contributed by atoms with E-state index in [2.05, 4.69) is 14.3 Å². The maximum absolute atomic E-state index is 13.3. The molecule has 0 spiro atoms. The normalized spacial score (nSPS) is 14.1. The third-order valence-corrected chi connectivity index (χ3v) is 4.91. The van der Waals surface area contributed by atoms with Gasteiger partial charge >= 0.3 is 6.18 Å². The molecule has 0 fully saturated rings. The first-order valence-electron chi connectivity index (χ1n) is 7.72. The Hall–Kier alpha value is -2.56. The first-order chi connectivity index (χ1) is 12.7. The Morgan fingerprint density at radius 3 is 2.56 bits per heavy atom. The van der Waals surface area contributed by atoms with E-state index in [1.807, 2.05) is 0 Å². The Morgan fingerprint density at radius 2 is 1.96 bits per heavy atom. The Bertz CT molecular complexity index is 963. The number of nitrogens with zero attached hydrogens (tertiary/aromatic N) is 3. The molecule has 3 rings (SSSR count). The maximum Gasteiger partial charge on any atom is 0.423 e. The molecule has 1 unspecified atom stereocenters. The lowest BCUT2D eigenvalue weighted by Gasteiger charge is -2.29. The number of alkyl halides is 3. The lowest BCUT2D eigenvalue weighted by molar-refractivity contribution is -0.277. The summed E-state index contributed by atoms with van der Waals surface area (Å²) in [6, 6.07) is 5.39. The molecule has 0 saturated carbocycles. The van der Waals surface area contributed by atoms with Crippen LogP contribution in [0.3, 0.4) is 0 Å². The first kappa shape index (κ1) is 19.2. The molecular formula is C17H15F3N4O2S. The minimum atomic E-state index is -5.05. The van der Waals surface area contributed by atoms with Crippen LogP contribution in [0.15, 0.2) is 36.7 Å². The number of hydrogen-bond acceptors (Lipinski definition) is 7. The molecular weight excluding hydrogens is 381 g/mol. The highest BCUT2D eigenvalue weighted by atomic mass is 32.1. The molecule has 0 saturated heterocycles. The van der Waals surface area contributed by atoms with Crippen molar-refractivity contribution in [1.82, 2.24) is 14.3 Å². The van der Waals surface area contributed by atoms with Crippen molar-refractivity contribution in [1.29, 1.82) is 0 Å². The fraction of sp³-hybridized carbons (Fsp3) is 0.235. The molecule has 142 valence electrons. The summed E-state index contributed by atoms with van der Waals surface area (Å²) in [5, 5.41) is 19.2. The highest BCUT2D eigenvalue weighted by Gasteiger charge is 2.54. The quantitative estimate of drug-likeness (QED) is 0.626. The lowest BCUT2D eigenvalue weighted by Crippen LogP contribution is -2.45. The highest BCUT2D eigenvalue weighted by molar-refractivity contribution is 7.09. The van der Waals surface area contributed by atoms with E-state index in [0.29, 0.717) is 21.7 Å². The molecule has 1 aromatic carbocycles. The van der Waals surface area contributed by atoms with Gasteiger partial charge in [0.15, 0.2) is 5.82 Å². The molecule has 4 N–H and O–H groups in total. The van der Waals surface area contributed by atoms with Gasteiger partial charge in [0.1, 0.15) is 5.69 Å².